The SMILES string of the molecule is Cc1occc1S[C@@H](C)c1nc(-c2ncn[nH]2)no1. The summed E-state index contributed by atoms with van der Waals surface area (Å²) in [6, 6.07) is 1.92. The molecule has 8 heteroatoms. The van der Waals surface area contributed by atoms with E-state index in [0.29, 0.717) is 17.5 Å². The molecule has 0 aromatic carbocycles. The van der Waals surface area contributed by atoms with Crippen molar-refractivity contribution >= 4 is 11.8 Å². The van der Waals surface area contributed by atoms with Crippen LogP contribution in [0.2, 0.25) is 0 Å². The van der Waals surface area contributed by atoms with Crippen molar-refractivity contribution in [1.29, 1.82) is 0 Å². The predicted octanol–water partition coefficient (Wildman–Crippen LogP) is 2.61. The monoisotopic (exact) mass is 277 g/mol. The van der Waals surface area contributed by atoms with Crippen LogP contribution in [0.1, 0.15) is 23.8 Å². The second-order valence-electron chi connectivity index (χ2n) is 3.89. The Morgan fingerprint density at radius 1 is 1.42 bits per heavy atom. The summed E-state index contributed by atoms with van der Waals surface area (Å²) in [5, 5.41) is 10.3. The molecule has 0 saturated heterocycles. The highest BCUT2D eigenvalue weighted by Gasteiger charge is 2.19. The van der Waals surface area contributed by atoms with Gasteiger partial charge in [-0.25, -0.2) is 4.98 Å². The van der Waals surface area contributed by atoms with Gasteiger partial charge in [-0.1, -0.05) is 5.16 Å². The van der Waals surface area contributed by atoms with Crippen LogP contribution in [-0.2, 0) is 0 Å². The van der Waals surface area contributed by atoms with Crippen molar-refractivity contribution in [3.05, 3.63) is 30.3 Å². The maximum atomic E-state index is 5.25. The van der Waals surface area contributed by atoms with E-state index in [0.717, 1.165) is 10.7 Å². The number of nitrogens with zero attached hydrogens (tertiary/aromatic N) is 4. The van der Waals surface area contributed by atoms with Gasteiger partial charge in [0.2, 0.25) is 11.7 Å². The van der Waals surface area contributed by atoms with Crippen molar-refractivity contribution in [3.63, 3.8) is 0 Å². The second-order valence-corrected chi connectivity index (χ2v) is 5.27. The molecular formula is C11H11N5O2S. The lowest BCUT2D eigenvalue weighted by Crippen LogP contribution is -1.89. The van der Waals surface area contributed by atoms with E-state index >= 15 is 0 Å². The number of aromatic nitrogens is 5. The first-order chi connectivity index (χ1) is 9.24. The highest BCUT2D eigenvalue weighted by Crippen LogP contribution is 2.36. The Kier molecular flexibility index (Phi) is 3.08. The van der Waals surface area contributed by atoms with E-state index in [1.54, 1.807) is 18.0 Å². The van der Waals surface area contributed by atoms with E-state index in [4.69, 9.17) is 8.94 Å². The predicted molar refractivity (Wildman–Crippen MR) is 67.4 cm³/mol. The summed E-state index contributed by atoms with van der Waals surface area (Å²) in [6.45, 7) is 3.91. The standard InChI is InChI=1S/C11H11N5O2S/c1-6-8(3-4-17-6)19-7(2)11-14-10(16-18-11)9-12-5-13-15-9/h3-5,7H,1-2H3,(H,12,13,15)/t7-/m0/s1. The molecule has 7 nitrogen and oxygen atoms in total. The maximum Gasteiger partial charge on any atom is 0.240 e. The second kappa shape index (κ2) is 4.88. The van der Waals surface area contributed by atoms with Gasteiger partial charge in [-0.2, -0.15) is 10.1 Å². The minimum atomic E-state index is 0.0282. The topological polar surface area (TPSA) is 93.6 Å². The highest BCUT2D eigenvalue weighted by molar-refractivity contribution is 7.99. The minimum absolute atomic E-state index is 0.0282. The summed E-state index contributed by atoms with van der Waals surface area (Å²) in [7, 11) is 0. The summed E-state index contributed by atoms with van der Waals surface area (Å²) in [4.78, 5) is 9.34. The van der Waals surface area contributed by atoms with E-state index in [1.807, 2.05) is 19.9 Å². The molecule has 3 rings (SSSR count). The fourth-order valence-corrected chi connectivity index (χ4v) is 2.47. The first kappa shape index (κ1) is 12.0. The molecule has 3 aromatic rings. The van der Waals surface area contributed by atoms with Gasteiger partial charge in [-0.3, -0.25) is 5.10 Å². The molecule has 3 heterocycles. The van der Waals surface area contributed by atoms with Gasteiger partial charge in [-0.05, 0) is 19.9 Å². The average Bonchev–Trinajstić information content (AvgIpc) is 3.09. The number of thioether (sulfide) groups is 1. The van der Waals surface area contributed by atoms with Crippen molar-refractivity contribution in [2.45, 2.75) is 24.0 Å². The van der Waals surface area contributed by atoms with Crippen LogP contribution in [0, 0.1) is 6.92 Å². The lowest BCUT2D eigenvalue weighted by Gasteiger charge is -2.04. The highest BCUT2D eigenvalue weighted by atomic mass is 32.2. The number of aromatic amines is 1. The van der Waals surface area contributed by atoms with Crippen LogP contribution in [0.4, 0.5) is 0 Å². The van der Waals surface area contributed by atoms with Crippen molar-refractivity contribution in [2.24, 2.45) is 0 Å². The van der Waals surface area contributed by atoms with E-state index in [9.17, 15) is 0 Å². The molecule has 0 fully saturated rings. The Morgan fingerprint density at radius 3 is 3.00 bits per heavy atom. The number of furan rings is 1. The third-order valence-electron chi connectivity index (χ3n) is 2.53. The molecule has 1 N–H and O–H groups in total. The van der Waals surface area contributed by atoms with Gasteiger partial charge >= 0.3 is 0 Å². The van der Waals surface area contributed by atoms with Gasteiger partial charge in [0, 0.05) is 4.90 Å². The summed E-state index contributed by atoms with van der Waals surface area (Å²) >= 11 is 1.60. The molecule has 0 aliphatic rings. The zero-order chi connectivity index (χ0) is 13.2. The lowest BCUT2D eigenvalue weighted by atomic mass is 10.5. The van der Waals surface area contributed by atoms with Gasteiger partial charge in [-0.15, -0.1) is 11.8 Å². The van der Waals surface area contributed by atoms with Crippen LogP contribution in [0.5, 0.6) is 0 Å². The Hall–Kier alpha value is -2.09. The maximum absolute atomic E-state index is 5.25. The molecule has 0 amide bonds. The van der Waals surface area contributed by atoms with Gasteiger partial charge in [0.15, 0.2) is 5.82 Å². The van der Waals surface area contributed by atoms with E-state index in [-0.39, 0.29) is 5.25 Å². The van der Waals surface area contributed by atoms with Crippen LogP contribution in [0.15, 0.2) is 32.5 Å². The number of nitrogens with one attached hydrogen (secondary N) is 1. The quantitative estimate of drug-likeness (QED) is 0.732. The van der Waals surface area contributed by atoms with Gasteiger partial charge in [0.1, 0.15) is 12.1 Å². The molecule has 0 spiro atoms. The molecular weight excluding hydrogens is 266 g/mol. The summed E-state index contributed by atoms with van der Waals surface area (Å²) < 4.78 is 10.5. The van der Waals surface area contributed by atoms with E-state index in [2.05, 4.69) is 25.3 Å². The van der Waals surface area contributed by atoms with Crippen molar-refractivity contribution in [3.8, 4) is 11.6 Å². The van der Waals surface area contributed by atoms with Crippen molar-refractivity contribution in [1.82, 2.24) is 25.3 Å². The number of aryl methyl sites for hydroxylation is 1. The van der Waals surface area contributed by atoms with Crippen LogP contribution in [0.3, 0.4) is 0 Å². The fourth-order valence-electron chi connectivity index (χ4n) is 1.55. The average molecular weight is 277 g/mol. The lowest BCUT2D eigenvalue weighted by molar-refractivity contribution is 0.380. The van der Waals surface area contributed by atoms with Crippen molar-refractivity contribution in [2.75, 3.05) is 0 Å². The summed E-state index contributed by atoms with van der Waals surface area (Å²) in [5.41, 5.74) is 0. The molecule has 0 aliphatic heterocycles. The molecule has 3 aromatic heterocycles. The molecule has 0 bridgehead atoms. The third kappa shape index (κ3) is 2.39. The molecule has 1 atom stereocenters. The van der Waals surface area contributed by atoms with Gasteiger partial charge < -0.3 is 8.94 Å². The fraction of sp³-hybridized carbons (Fsp3) is 0.273. The number of H-pyrrole nitrogens is 1. The number of rotatable bonds is 4. The molecule has 0 radical (unpaired) electrons. The van der Waals surface area contributed by atoms with E-state index < -0.39 is 0 Å². The Bertz CT molecular complexity index is 660. The van der Waals surface area contributed by atoms with Crippen LogP contribution in [-0.4, -0.2) is 25.3 Å². The zero-order valence-electron chi connectivity index (χ0n) is 10.3. The Balaban J connectivity index is 1.77. The van der Waals surface area contributed by atoms with Crippen LogP contribution < -0.4 is 0 Å². The van der Waals surface area contributed by atoms with Gasteiger partial charge in [0.05, 0.1) is 11.5 Å². The third-order valence-corrected chi connectivity index (χ3v) is 3.76. The molecule has 0 aliphatic carbocycles. The Morgan fingerprint density at radius 2 is 2.32 bits per heavy atom. The Labute approximate surface area is 112 Å². The molecule has 0 saturated carbocycles. The minimum Gasteiger partial charge on any atom is -0.468 e. The van der Waals surface area contributed by atoms with E-state index in [1.165, 1.54) is 6.33 Å². The van der Waals surface area contributed by atoms with Crippen LogP contribution >= 0.6 is 11.8 Å². The van der Waals surface area contributed by atoms with Crippen molar-refractivity contribution < 1.29 is 8.94 Å². The first-order valence-electron chi connectivity index (χ1n) is 5.64. The zero-order valence-corrected chi connectivity index (χ0v) is 11.1. The summed E-state index contributed by atoms with van der Waals surface area (Å²) in [5.74, 6) is 2.32. The summed E-state index contributed by atoms with van der Waals surface area (Å²) in [6.07, 6.45) is 3.07. The normalized spacial score (nSPS) is 12.7. The molecule has 19 heavy (non-hydrogen) atoms. The number of hydrogen-bond donors (Lipinski definition) is 1. The van der Waals surface area contributed by atoms with Gasteiger partial charge in [0.25, 0.3) is 0 Å². The number of hydrogen-bond acceptors (Lipinski definition) is 7. The first-order valence-corrected chi connectivity index (χ1v) is 6.52. The molecule has 0 unspecified atom stereocenters. The molecule has 98 valence electrons. The van der Waals surface area contributed by atoms with Crippen LogP contribution in [0.25, 0.3) is 11.6 Å². The largest absolute Gasteiger partial charge is 0.468 e. The smallest absolute Gasteiger partial charge is 0.240 e.